The first kappa shape index (κ1) is 29.1. The molecule has 0 spiro atoms. The van der Waals surface area contributed by atoms with Crippen molar-refractivity contribution in [1.29, 1.82) is 0 Å². The number of fused-ring (bicyclic) bond motifs is 6. The Morgan fingerprint density at radius 3 is 1.59 bits per heavy atom. The molecule has 0 aliphatic rings. The van der Waals surface area contributed by atoms with E-state index in [1.165, 1.54) is 27.4 Å². The minimum Gasteiger partial charge on any atom is -0.456 e. The van der Waals surface area contributed by atoms with E-state index in [1.54, 1.807) is 0 Å². The topological polar surface area (TPSA) is 21.3 Å². The Bertz CT molecular complexity index is 2830. The van der Waals surface area contributed by atoms with E-state index in [4.69, 9.17) is 4.42 Å². The zero-order valence-electron chi connectivity index (χ0n) is 27.8. The van der Waals surface area contributed by atoms with Gasteiger partial charge in [0.25, 0.3) is 0 Å². The van der Waals surface area contributed by atoms with Gasteiger partial charge in [-0.05, 0) is 89.0 Å². The van der Waals surface area contributed by atoms with E-state index >= 15 is 0 Å². The van der Waals surface area contributed by atoms with Crippen molar-refractivity contribution in [1.82, 2.24) is 4.57 Å². The van der Waals surface area contributed by atoms with E-state index in [2.05, 4.69) is 191 Å². The fourth-order valence-electron chi connectivity index (χ4n) is 7.67. The Morgan fingerprint density at radius 2 is 0.882 bits per heavy atom. The second-order valence-corrected chi connectivity index (χ2v) is 13.0. The van der Waals surface area contributed by atoms with Gasteiger partial charge in [-0.2, -0.15) is 0 Å². The van der Waals surface area contributed by atoms with Gasteiger partial charge in [-0.1, -0.05) is 127 Å². The van der Waals surface area contributed by atoms with E-state index in [0.29, 0.717) is 0 Å². The average molecular weight is 653 g/mol. The molecule has 3 heteroatoms. The van der Waals surface area contributed by atoms with Gasteiger partial charge in [0.2, 0.25) is 0 Å². The van der Waals surface area contributed by atoms with Crippen LogP contribution in [0.15, 0.2) is 199 Å². The third-order valence-corrected chi connectivity index (χ3v) is 9.96. The first-order valence-electron chi connectivity index (χ1n) is 17.4. The van der Waals surface area contributed by atoms with Gasteiger partial charge in [0.15, 0.2) is 0 Å². The first-order valence-corrected chi connectivity index (χ1v) is 17.4. The molecule has 10 rings (SSSR count). The van der Waals surface area contributed by atoms with Gasteiger partial charge in [0.05, 0.1) is 22.1 Å². The van der Waals surface area contributed by atoms with Crippen LogP contribution in [0.1, 0.15) is 0 Å². The highest BCUT2D eigenvalue weighted by Crippen LogP contribution is 2.44. The van der Waals surface area contributed by atoms with Crippen LogP contribution in [0.2, 0.25) is 0 Å². The molecule has 51 heavy (non-hydrogen) atoms. The molecule has 0 aliphatic heterocycles. The van der Waals surface area contributed by atoms with Crippen LogP contribution in [-0.2, 0) is 0 Å². The lowest BCUT2D eigenvalue weighted by molar-refractivity contribution is 0.669. The fraction of sp³-hybridized carbons (Fsp3) is 0. The molecule has 0 fully saturated rings. The number of hydrogen-bond donors (Lipinski definition) is 0. The maximum Gasteiger partial charge on any atom is 0.137 e. The number of anilines is 3. The molecule has 2 heterocycles. The summed E-state index contributed by atoms with van der Waals surface area (Å²) >= 11 is 0. The van der Waals surface area contributed by atoms with Crippen molar-refractivity contribution in [3.05, 3.63) is 194 Å². The molecular weight excluding hydrogens is 621 g/mol. The van der Waals surface area contributed by atoms with Crippen molar-refractivity contribution in [3.63, 3.8) is 0 Å². The lowest BCUT2D eigenvalue weighted by Gasteiger charge is -2.27. The predicted octanol–water partition coefficient (Wildman–Crippen LogP) is 13.5. The van der Waals surface area contributed by atoms with Crippen LogP contribution in [0.5, 0.6) is 0 Å². The molecule has 0 bridgehead atoms. The van der Waals surface area contributed by atoms with Crippen LogP contribution in [0.25, 0.3) is 71.7 Å². The average Bonchev–Trinajstić information content (AvgIpc) is 3.75. The van der Waals surface area contributed by atoms with Gasteiger partial charge < -0.3 is 13.9 Å². The Kier molecular flexibility index (Phi) is 6.81. The third-order valence-electron chi connectivity index (χ3n) is 9.96. The van der Waals surface area contributed by atoms with Crippen LogP contribution in [0.4, 0.5) is 17.1 Å². The van der Waals surface area contributed by atoms with Gasteiger partial charge in [-0.15, -0.1) is 0 Å². The highest BCUT2D eigenvalue weighted by Gasteiger charge is 2.20. The van der Waals surface area contributed by atoms with Crippen LogP contribution in [-0.4, -0.2) is 4.57 Å². The molecule has 0 N–H and O–H groups in total. The molecule has 8 aromatic carbocycles. The number of furan rings is 1. The molecule has 3 nitrogen and oxygen atoms in total. The molecule has 0 unspecified atom stereocenters. The smallest absolute Gasteiger partial charge is 0.137 e. The summed E-state index contributed by atoms with van der Waals surface area (Å²) in [7, 11) is 0. The molecule has 0 atom stereocenters. The summed E-state index contributed by atoms with van der Waals surface area (Å²) < 4.78 is 8.76. The summed E-state index contributed by atoms with van der Waals surface area (Å²) in [6, 6.07) is 69.2. The molecule has 0 amide bonds. The minimum atomic E-state index is 0.868. The summed E-state index contributed by atoms with van der Waals surface area (Å²) in [4.78, 5) is 2.37. The van der Waals surface area contributed by atoms with Gasteiger partial charge in [-0.3, -0.25) is 0 Å². The van der Waals surface area contributed by atoms with E-state index < -0.39 is 0 Å². The highest BCUT2D eigenvalue weighted by molar-refractivity contribution is 6.13. The Balaban J connectivity index is 1.16. The Hall–Kier alpha value is -6.84. The molecule has 2 aromatic heterocycles. The van der Waals surface area contributed by atoms with Crippen LogP contribution in [0, 0.1) is 0 Å². The second kappa shape index (κ2) is 11.9. The number of aromatic nitrogens is 1. The van der Waals surface area contributed by atoms with Crippen LogP contribution in [0.3, 0.4) is 0 Å². The zero-order valence-corrected chi connectivity index (χ0v) is 27.8. The van der Waals surface area contributed by atoms with Crippen molar-refractivity contribution in [3.8, 4) is 27.9 Å². The van der Waals surface area contributed by atoms with Crippen molar-refractivity contribution < 1.29 is 4.42 Å². The maximum absolute atomic E-state index is 6.38. The lowest BCUT2D eigenvalue weighted by Crippen LogP contribution is -2.10. The summed E-state index contributed by atoms with van der Waals surface area (Å²) in [6.45, 7) is 0. The summed E-state index contributed by atoms with van der Waals surface area (Å²) in [5.74, 6) is 0. The van der Waals surface area contributed by atoms with E-state index in [0.717, 1.165) is 61.4 Å². The largest absolute Gasteiger partial charge is 0.456 e. The summed E-state index contributed by atoms with van der Waals surface area (Å²) in [5, 5.41) is 4.71. The zero-order chi connectivity index (χ0) is 33.7. The van der Waals surface area contributed by atoms with Gasteiger partial charge >= 0.3 is 0 Å². The number of benzene rings is 8. The van der Waals surface area contributed by atoms with Crippen LogP contribution < -0.4 is 4.90 Å². The predicted molar refractivity (Wildman–Crippen MR) is 214 cm³/mol. The molecule has 0 radical (unpaired) electrons. The Labute approximate surface area is 295 Å². The van der Waals surface area contributed by atoms with Crippen molar-refractivity contribution in [2.24, 2.45) is 0 Å². The SMILES string of the molecule is c1ccc(-c2cccc(N(c3cccc(-c4cccc(-n5c6ccccc6c6ccccc65)c4)c3)c3cccc4oc5ccccc5c34)c2)cc1. The summed E-state index contributed by atoms with van der Waals surface area (Å²) in [5.41, 5.74) is 13.1. The minimum absolute atomic E-state index is 0.868. The first-order chi connectivity index (χ1) is 25.3. The summed E-state index contributed by atoms with van der Waals surface area (Å²) in [6.07, 6.45) is 0. The quantitative estimate of drug-likeness (QED) is 0.178. The molecule has 0 aliphatic carbocycles. The maximum atomic E-state index is 6.38. The molecular formula is C48H32N2O. The van der Waals surface area contributed by atoms with Crippen LogP contribution >= 0.6 is 0 Å². The van der Waals surface area contributed by atoms with Gasteiger partial charge in [-0.25, -0.2) is 0 Å². The van der Waals surface area contributed by atoms with E-state index in [1.807, 2.05) is 12.1 Å². The van der Waals surface area contributed by atoms with Crippen molar-refractivity contribution >= 4 is 60.8 Å². The molecule has 240 valence electrons. The monoisotopic (exact) mass is 652 g/mol. The van der Waals surface area contributed by atoms with Crippen molar-refractivity contribution in [2.75, 3.05) is 4.90 Å². The van der Waals surface area contributed by atoms with Crippen molar-refractivity contribution in [2.45, 2.75) is 0 Å². The molecule has 10 aromatic rings. The second-order valence-electron chi connectivity index (χ2n) is 13.0. The standard InChI is InChI=1S/C48H32N2O/c1-2-14-33(15-3-1)34-16-10-19-37(30-34)49(45-27-13-29-47-48(45)42-24-6-9-28-46(42)51-47)38-20-11-17-35(31-38)36-18-12-21-39(32-36)50-43-25-7-4-22-40(43)41-23-5-8-26-44(41)50/h1-32H. The normalized spacial score (nSPS) is 11.5. The number of nitrogens with zero attached hydrogens (tertiary/aromatic N) is 2. The molecule has 0 saturated heterocycles. The van der Waals surface area contributed by atoms with Gasteiger partial charge in [0.1, 0.15) is 11.2 Å². The lowest BCUT2D eigenvalue weighted by atomic mass is 10.0. The van der Waals surface area contributed by atoms with E-state index in [9.17, 15) is 0 Å². The number of para-hydroxylation sites is 3. The highest BCUT2D eigenvalue weighted by atomic mass is 16.3. The van der Waals surface area contributed by atoms with Gasteiger partial charge in [0, 0.05) is 33.2 Å². The van der Waals surface area contributed by atoms with E-state index in [-0.39, 0.29) is 0 Å². The third kappa shape index (κ3) is 4.90. The number of hydrogen-bond acceptors (Lipinski definition) is 2. The Morgan fingerprint density at radius 1 is 0.373 bits per heavy atom. The fourth-order valence-corrected chi connectivity index (χ4v) is 7.67. The number of rotatable bonds is 6. The molecule has 0 saturated carbocycles.